The van der Waals surface area contributed by atoms with Gasteiger partial charge < -0.3 is 11.5 Å². The van der Waals surface area contributed by atoms with Crippen LogP contribution in [0.2, 0.25) is 0 Å². The number of rotatable bonds is 3. The van der Waals surface area contributed by atoms with Gasteiger partial charge in [-0.2, -0.15) is 0 Å². The van der Waals surface area contributed by atoms with E-state index in [-0.39, 0.29) is 16.5 Å². The molecule has 3 rings (SSSR count). The number of carbonyl (C=O) groups excluding carboxylic acids is 1. The normalized spacial score (nSPS) is 12.3. The highest BCUT2D eigenvalue weighted by Crippen LogP contribution is 2.19. The van der Waals surface area contributed by atoms with Gasteiger partial charge in [-0.05, 0) is 31.2 Å². The summed E-state index contributed by atoms with van der Waals surface area (Å²) in [5.74, 6) is -0.238. The Morgan fingerprint density at radius 1 is 1.13 bits per heavy atom. The van der Waals surface area contributed by atoms with Crippen LogP contribution in [0.25, 0.3) is 16.6 Å². The number of hydrogen-bond donors (Lipinski definition) is 2. The number of primary amides is 1. The zero-order valence-corrected chi connectivity index (χ0v) is 12.6. The predicted molar refractivity (Wildman–Crippen MR) is 88.5 cm³/mol. The highest BCUT2D eigenvalue weighted by Gasteiger charge is 2.18. The molecule has 1 aromatic heterocycles. The Kier molecular flexibility index (Phi) is 3.67. The molecule has 0 radical (unpaired) electrons. The van der Waals surface area contributed by atoms with Crippen molar-refractivity contribution in [2.45, 2.75) is 13.0 Å². The number of amides is 1. The summed E-state index contributed by atoms with van der Waals surface area (Å²) in [6.07, 6.45) is 0. The van der Waals surface area contributed by atoms with Crippen molar-refractivity contribution >= 4 is 16.8 Å². The summed E-state index contributed by atoms with van der Waals surface area (Å²) >= 11 is 0. The Bertz CT molecular complexity index is 946. The standard InChI is InChI=1S/C17H16N4O2/c1-10(18)16-20-13-9-5-8-12(15(19)22)14(13)17(23)21(16)11-6-3-2-4-7-11/h2-10H,18H2,1H3,(H2,19,22)/t10-/m0/s1. The SMILES string of the molecule is C[C@H](N)c1nc2cccc(C(N)=O)c2c(=O)n1-c1ccccc1. The molecular weight excluding hydrogens is 292 g/mol. The molecule has 6 heteroatoms. The quantitative estimate of drug-likeness (QED) is 0.765. The summed E-state index contributed by atoms with van der Waals surface area (Å²) in [6.45, 7) is 1.75. The third-order valence-electron chi connectivity index (χ3n) is 3.61. The van der Waals surface area contributed by atoms with Crippen molar-refractivity contribution in [3.63, 3.8) is 0 Å². The van der Waals surface area contributed by atoms with Gasteiger partial charge in [-0.3, -0.25) is 14.2 Å². The van der Waals surface area contributed by atoms with Gasteiger partial charge in [0.1, 0.15) is 5.82 Å². The fourth-order valence-corrected chi connectivity index (χ4v) is 2.58. The highest BCUT2D eigenvalue weighted by molar-refractivity contribution is 6.05. The molecular formula is C17H16N4O2. The first kappa shape index (κ1) is 14.9. The summed E-state index contributed by atoms with van der Waals surface area (Å²) < 4.78 is 1.43. The average Bonchev–Trinajstić information content (AvgIpc) is 2.54. The zero-order valence-electron chi connectivity index (χ0n) is 12.6. The molecule has 4 N–H and O–H groups in total. The minimum Gasteiger partial charge on any atom is -0.366 e. The first-order chi connectivity index (χ1) is 11.0. The molecule has 3 aromatic rings. The summed E-state index contributed by atoms with van der Waals surface area (Å²) in [6, 6.07) is 13.4. The molecule has 0 aliphatic carbocycles. The van der Waals surface area contributed by atoms with E-state index >= 15 is 0 Å². The van der Waals surface area contributed by atoms with Crippen LogP contribution in [0.5, 0.6) is 0 Å². The van der Waals surface area contributed by atoms with Crippen molar-refractivity contribution in [1.82, 2.24) is 9.55 Å². The maximum atomic E-state index is 13.0. The molecule has 2 aromatic carbocycles. The van der Waals surface area contributed by atoms with Crippen LogP contribution < -0.4 is 17.0 Å². The number of hydrogen-bond acceptors (Lipinski definition) is 4. The minimum absolute atomic E-state index is 0.154. The maximum absolute atomic E-state index is 13.0. The van der Waals surface area contributed by atoms with Crippen LogP contribution in [-0.4, -0.2) is 15.5 Å². The van der Waals surface area contributed by atoms with Crippen molar-refractivity contribution in [1.29, 1.82) is 0 Å². The molecule has 0 aliphatic rings. The summed E-state index contributed by atoms with van der Waals surface area (Å²) in [7, 11) is 0. The van der Waals surface area contributed by atoms with Gasteiger partial charge in [0.25, 0.3) is 5.56 Å². The molecule has 0 aliphatic heterocycles. The Labute approximate surface area is 132 Å². The fourth-order valence-electron chi connectivity index (χ4n) is 2.58. The van der Waals surface area contributed by atoms with E-state index in [0.29, 0.717) is 17.0 Å². The summed E-state index contributed by atoms with van der Waals surface area (Å²) in [4.78, 5) is 29.2. The van der Waals surface area contributed by atoms with E-state index in [1.54, 1.807) is 31.2 Å². The van der Waals surface area contributed by atoms with E-state index < -0.39 is 11.9 Å². The number of nitrogens with two attached hydrogens (primary N) is 2. The molecule has 1 heterocycles. The molecule has 0 bridgehead atoms. The first-order valence-corrected chi connectivity index (χ1v) is 7.17. The number of carbonyl (C=O) groups is 1. The zero-order chi connectivity index (χ0) is 16.6. The summed E-state index contributed by atoms with van der Waals surface area (Å²) in [5.41, 5.74) is 12.2. The lowest BCUT2D eigenvalue weighted by Crippen LogP contribution is -2.29. The molecule has 0 saturated carbocycles. The van der Waals surface area contributed by atoms with Gasteiger partial charge in [-0.1, -0.05) is 24.3 Å². The van der Waals surface area contributed by atoms with Gasteiger partial charge in [0.2, 0.25) is 5.91 Å². The molecule has 0 unspecified atom stereocenters. The topological polar surface area (TPSA) is 104 Å². The van der Waals surface area contributed by atoms with Gasteiger partial charge in [0.15, 0.2) is 0 Å². The van der Waals surface area contributed by atoms with Gasteiger partial charge in [0.05, 0.1) is 28.2 Å². The highest BCUT2D eigenvalue weighted by atomic mass is 16.1. The molecule has 1 atom stereocenters. The van der Waals surface area contributed by atoms with Crippen molar-refractivity contribution in [2.24, 2.45) is 11.5 Å². The van der Waals surface area contributed by atoms with Crippen LogP contribution in [0.15, 0.2) is 53.3 Å². The van der Waals surface area contributed by atoms with Crippen molar-refractivity contribution in [3.8, 4) is 5.69 Å². The Hall–Kier alpha value is -2.99. The Morgan fingerprint density at radius 3 is 2.43 bits per heavy atom. The molecule has 23 heavy (non-hydrogen) atoms. The van der Waals surface area contributed by atoms with Crippen LogP contribution >= 0.6 is 0 Å². The number of benzene rings is 2. The van der Waals surface area contributed by atoms with E-state index in [2.05, 4.69) is 4.98 Å². The van der Waals surface area contributed by atoms with Crippen LogP contribution in [0.3, 0.4) is 0 Å². The monoisotopic (exact) mass is 308 g/mol. The van der Waals surface area contributed by atoms with E-state index in [1.165, 1.54) is 10.6 Å². The molecule has 0 spiro atoms. The second kappa shape index (κ2) is 5.66. The van der Waals surface area contributed by atoms with Crippen LogP contribution in [-0.2, 0) is 0 Å². The third kappa shape index (κ3) is 2.49. The largest absolute Gasteiger partial charge is 0.366 e. The molecule has 116 valence electrons. The van der Waals surface area contributed by atoms with Gasteiger partial charge in [-0.25, -0.2) is 4.98 Å². The Balaban J connectivity index is 2.49. The minimum atomic E-state index is -0.664. The lowest BCUT2D eigenvalue weighted by molar-refractivity contribution is 0.100. The fraction of sp³-hybridized carbons (Fsp3) is 0.118. The van der Waals surface area contributed by atoms with E-state index in [1.807, 2.05) is 18.2 Å². The Morgan fingerprint density at radius 2 is 1.83 bits per heavy atom. The second-order valence-corrected chi connectivity index (χ2v) is 5.30. The van der Waals surface area contributed by atoms with E-state index in [0.717, 1.165) is 0 Å². The number of para-hydroxylation sites is 1. The lowest BCUT2D eigenvalue weighted by Gasteiger charge is -2.16. The molecule has 0 saturated heterocycles. The second-order valence-electron chi connectivity index (χ2n) is 5.30. The number of fused-ring (bicyclic) bond motifs is 1. The predicted octanol–water partition coefficient (Wildman–Crippen LogP) is 1.50. The van der Waals surface area contributed by atoms with Crippen molar-refractivity contribution in [2.75, 3.05) is 0 Å². The van der Waals surface area contributed by atoms with Crippen LogP contribution in [0.1, 0.15) is 29.1 Å². The van der Waals surface area contributed by atoms with Crippen molar-refractivity contribution < 1.29 is 4.79 Å². The van der Waals surface area contributed by atoms with Crippen LogP contribution in [0.4, 0.5) is 0 Å². The molecule has 6 nitrogen and oxygen atoms in total. The average molecular weight is 308 g/mol. The van der Waals surface area contributed by atoms with Crippen LogP contribution in [0, 0.1) is 0 Å². The molecule has 0 fully saturated rings. The van der Waals surface area contributed by atoms with Gasteiger partial charge in [-0.15, -0.1) is 0 Å². The summed E-state index contributed by atoms with van der Waals surface area (Å²) in [5, 5.41) is 0.202. The smallest absolute Gasteiger partial charge is 0.266 e. The maximum Gasteiger partial charge on any atom is 0.266 e. The number of aromatic nitrogens is 2. The third-order valence-corrected chi connectivity index (χ3v) is 3.61. The lowest BCUT2D eigenvalue weighted by atomic mass is 10.1. The van der Waals surface area contributed by atoms with E-state index in [4.69, 9.17) is 11.5 Å². The van der Waals surface area contributed by atoms with E-state index in [9.17, 15) is 9.59 Å². The van der Waals surface area contributed by atoms with Crippen molar-refractivity contribution in [3.05, 3.63) is 70.3 Å². The van der Waals surface area contributed by atoms with Gasteiger partial charge >= 0.3 is 0 Å². The first-order valence-electron chi connectivity index (χ1n) is 7.17. The number of nitrogens with zero attached hydrogens (tertiary/aromatic N) is 2. The molecule has 1 amide bonds. The van der Waals surface area contributed by atoms with Gasteiger partial charge in [0, 0.05) is 0 Å².